The summed E-state index contributed by atoms with van der Waals surface area (Å²) < 4.78 is 2.03. The normalized spacial score (nSPS) is 13.9. The largest absolute Gasteiger partial charge is 0.369 e. The van der Waals surface area contributed by atoms with E-state index in [9.17, 15) is 0 Å². The summed E-state index contributed by atoms with van der Waals surface area (Å²) in [4.78, 5) is 21.9. The molecule has 6 aromatic carbocycles. The number of piperazine rings is 1. The fraction of sp³-hybridized carbons (Fsp3) is 0.106. The average Bonchev–Trinajstić information content (AvgIpc) is 3.86. The van der Waals surface area contributed by atoms with Gasteiger partial charge in [0, 0.05) is 43.0 Å². The average molecular weight is 815 g/mol. The van der Waals surface area contributed by atoms with Crippen molar-refractivity contribution in [3.05, 3.63) is 154 Å². The number of halogens is 1. The van der Waals surface area contributed by atoms with Gasteiger partial charge >= 0.3 is 0 Å². The Morgan fingerprint density at radius 2 is 0.981 bits per heavy atom. The zero-order valence-corrected chi connectivity index (χ0v) is 32.2. The monoisotopic (exact) mass is 814 g/mol. The Balaban J connectivity index is 0.921. The molecule has 9 rings (SSSR count). The third-order valence-corrected chi connectivity index (χ3v) is 10.7. The molecule has 0 spiro atoms. The second-order valence-electron chi connectivity index (χ2n) is 14.0. The van der Waals surface area contributed by atoms with Crippen molar-refractivity contribution in [2.24, 2.45) is 0 Å². The molecule has 0 atom stereocenters. The Morgan fingerprint density at radius 3 is 1.61 bits per heavy atom. The number of hydrogen-bond donors (Lipinski definition) is 2. The lowest BCUT2D eigenvalue weighted by Crippen LogP contribution is -2.44. The lowest BCUT2D eigenvalue weighted by Gasteiger charge is -2.34. The van der Waals surface area contributed by atoms with Gasteiger partial charge in [-0.25, -0.2) is 9.97 Å². The minimum atomic E-state index is 0.846. The molecule has 0 saturated carbocycles. The van der Waals surface area contributed by atoms with Crippen LogP contribution in [0, 0.1) is 0 Å². The van der Waals surface area contributed by atoms with Crippen molar-refractivity contribution in [1.82, 2.24) is 24.8 Å². The van der Waals surface area contributed by atoms with Crippen LogP contribution in [0.4, 0.5) is 5.69 Å². The van der Waals surface area contributed by atoms with Gasteiger partial charge in [0.15, 0.2) is 0 Å². The van der Waals surface area contributed by atoms with Gasteiger partial charge in [0.05, 0.1) is 22.1 Å². The molecule has 2 aromatic heterocycles. The minimum Gasteiger partial charge on any atom is -0.369 e. The highest BCUT2D eigenvalue weighted by Crippen LogP contribution is 2.32. The van der Waals surface area contributed by atoms with Crippen molar-refractivity contribution < 1.29 is 0 Å². The van der Waals surface area contributed by atoms with Crippen molar-refractivity contribution in [3.63, 3.8) is 0 Å². The third kappa shape index (κ3) is 7.25. The first-order valence-electron chi connectivity index (χ1n) is 18.3. The van der Waals surface area contributed by atoms with Gasteiger partial charge in [-0.05, 0) is 105 Å². The number of aromatic amines is 2. The molecule has 0 bridgehead atoms. The number of nitrogens with one attached hydrogen (secondary N) is 2. The number of H-pyrrole nitrogens is 2. The summed E-state index contributed by atoms with van der Waals surface area (Å²) in [5.41, 5.74) is 15.5. The molecule has 0 amide bonds. The van der Waals surface area contributed by atoms with Crippen LogP contribution in [0.1, 0.15) is 16.7 Å². The molecule has 0 aliphatic carbocycles. The first-order chi connectivity index (χ1) is 26.5. The summed E-state index contributed by atoms with van der Waals surface area (Å²) in [5.74, 6) is 1.70. The maximum absolute atomic E-state index is 4.98. The van der Waals surface area contributed by atoms with Gasteiger partial charge < -0.3 is 19.8 Å². The summed E-state index contributed by atoms with van der Waals surface area (Å²) in [6, 6.07) is 47.5. The third-order valence-electron chi connectivity index (χ3n) is 10.3. The van der Waals surface area contributed by atoms with E-state index in [1.807, 2.05) is 4.08 Å². The van der Waals surface area contributed by atoms with Crippen LogP contribution < -0.4 is 4.90 Å². The van der Waals surface area contributed by atoms with E-state index in [0.29, 0.717) is 0 Å². The smallest absolute Gasteiger partial charge is 0.138 e. The Kier molecular flexibility index (Phi) is 9.41. The molecule has 0 radical (unpaired) electrons. The number of nitrogens with zero attached hydrogens (tertiary/aromatic N) is 4. The molecule has 3 heterocycles. The quantitative estimate of drug-likeness (QED) is 0.118. The summed E-state index contributed by atoms with van der Waals surface area (Å²) in [6.07, 6.45) is 6.42. The number of hydrogen-bond acceptors (Lipinski definition) is 4. The number of likely N-dealkylation sites (N-methyl/N-ethyl adjacent to an activating group) is 1. The van der Waals surface area contributed by atoms with Gasteiger partial charge in [-0.1, -0.05) is 120 Å². The fourth-order valence-electron chi connectivity index (χ4n) is 7.18. The predicted octanol–water partition coefficient (Wildman–Crippen LogP) is 11.4. The Labute approximate surface area is 329 Å². The number of benzene rings is 6. The molecular weight excluding hydrogens is 775 g/mol. The summed E-state index contributed by atoms with van der Waals surface area (Å²) in [6.45, 7) is 4.24. The number of aromatic nitrogens is 4. The highest BCUT2D eigenvalue weighted by atomic mass is 127. The Morgan fingerprint density at radius 1 is 0.500 bits per heavy atom. The maximum Gasteiger partial charge on any atom is 0.138 e. The zero-order valence-electron chi connectivity index (χ0n) is 30.0. The van der Waals surface area contributed by atoms with Gasteiger partial charge in [0.25, 0.3) is 0 Å². The van der Waals surface area contributed by atoms with Crippen molar-refractivity contribution >= 4 is 68.6 Å². The molecule has 0 unspecified atom stereocenters. The second kappa shape index (κ2) is 14.9. The lowest BCUT2D eigenvalue weighted by molar-refractivity contribution is 0.313. The van der Waals surface area contributed by atoms with E-state index in [2.05, 4.69) is 201 Å². The van der Waals surface area contributed by atoms with Crippen molar-refractivity contribution in [2.45, 2.75) is 0 Å². The molecular formula is C47H39IN6. The molecule has 1 aliphatic rings. The lowest BCUT2D eigenvalue weighted by atomic mass is 9.97. The molecule has 264 valence electrons. The number of fused-ring (bicyclic) bond motifs is 2. The van der Waals surface area contributed by atoms with E-state index >= 15 is 0 Å². The highest BCUT2D eigenvalue weighted by molar-refractivity contribution is 14.1. The molecule has 6 nitrogen and oxygen atoms in total. The van der Waals surface area contributed by atoms with Crippen LogP contribution >= 0.6 is 22.6 Å². The first-order valence-corrected chi connectivity index (χ1v) is 19.6. The second-order valence-corrected chi connectivity index (χ2v) is 14.7. The summed E-state index contributed by atoms with van der Waals surface area (Å²) in [7, 11) is 2.19. The topological polar surface area (TPSA) is 63.8 Å². The van der Waals surface area contributed by atoms with Crippen molar-refractivity contribution in [3.8, 4) is 45.0 Å². The van der Waals surface area contributed by atoms with Crippen molar-refractivity contribution in [2.75, 3.05) is 38.1 Å². The van der Waals surface area contributed by atoms with Crippen LogP contribution in [-0.4, -0.2) is 58.1 Å². The molecule has 54 heavy (non-hydrogen) atoms. The standard InChI is InChI=1S/C47H39IN6/c1-53-24-26-54(27-25-53)41-19-21-43-45(31-41)52-47(50-43)40-18-20-42-44(30-40)51-46(49-42)39-7-3-6-38(29-39)37-5-2-4-36(28-37)35-16-14-33(15-17-35)9-8-32-10-12-34(13-11-32)22-23-48/h2-23,28-31H,24-27H2,1H3,(H,49,51)(H,50,52)/b9-8+,23-22?. The molecule has 1 aliphatic heterocycles. The molecule has 8 aromatic rings. The maximum atomic E-state index is 4.98. The van der Waals surface area contributed by atoms with E-state index in [1.54, 1.807) is 0 Å². The zero-order chi connectivity index (χ0) is 36.4. The van der Waals surface area contributed by atoms with Crippen molar-refractivity contribution in [1.29, 1.82) is 0 Å². The van der Waals surface area contributed by atoms with Gasteiger partial charge in [-0.3, -0.25) is 0 Å². The van der Waals surface area contributed by atoms with Crippen LogP contribution in [0.15, 0.2) is 138 Å². The van der Waals surface area contributed by atoms with Gasteiger partial charge in [0.1, 0.15) is 11.6 Å². The van der Waals surface area contributed by atoms with Gasteiger partial charge in [0.2, 0.25) is 0 Å². The Hall–Kier alpha value is -5.77. The number of imidazole rings is 2. The summed E-state index contributed by atoms with van der Waals surface area (Å²) >= 11 is 2.25. The first kappa shape index (κ1) is 34.0. The Bertz CT molecular complexity index is 2640. The predicted molar refractivity (Wildman–Crippen MR) is 236 cm³/mol. The van der Waals surface area contributed by atoms with Crippen LogP contribution in [0.25, 0.3) is 85.3 Å². The molecule has 7 heteroatoms. The SMILES string of the molecule is CN1CCN(c2ccc3nc(-c4ccc5nc(-c6cccc(-c7cccc(-c8ccc(/C=C/c9ccc(C=CI)cc9)cc8)c7)c6)[nH]c5c4)[nH]c3c2)CC1. The van der Waals surface area contributed by atoms with E-state index in [-0.39, 0.29) is 0 Å². The van der Waals surface area contributed by atoms with Crippen LogP contribution in [0.5, 0.6) is 0 Å². The number of rotatable bonds is 8. The van der Waals surface area contributed by atoms with E-state index in [0.717, 1.165) is 76.6 Å². The van der Waals surface area contributed by atoms with E-state index in [1.165, 1.54) is 39.1 Å². The van der Waals surface area contributed by atoms with Crippen LogP contribution in [0.2, 0.25) is 0 Å². The van der Waals surface area contributed by atoms with E-state index < -0.39 is 0 Å². The van der Waals surface area contributed by atoms with E-state index in [4.69, 9.17) is 9.97 Å². The molecule has 1 saturated heterocycles. The van der Waals surface area contributed by atoms with Crippen LogP contribution in [0.3, 0.4) is 0 Å². The summed E-state index contributed by atoms with van der Waals surface area (Å²) in [5, 5.41) is 0. The van der Waals surface area contributed by atoms with Gasteiger partial charge in [-0.2, -0.15) is 0 Å². The van der Waals surface area contributed by atoms with Gasteiger partial charge in [-0.15, -0.1) is 0 Å². The highest BCUT2D eigenvalue weighted by Gasteiger charge is 2.16. The minimum absolute atomic E-state index is 0.846. The fourth-order valence-corrected chi connectivity index (χ4v) is 7.60. The van der Waals surface area contributed by atoms with Crippen LogP contribution in [-0.2, 0) is 0 Å². The number of anilines is 1. The molecule has 2 N–H and O–H groups in total. The molecule has 1 fully saturated rings.